The Morgan fingerprint density at radius 2 is 2.19 bits per heavy atom. The predicted molar refractivity (Wildman–Crippen MR) is 81.6 cm³/mol. The van der Waals surface area contributed by atoms with E-state index in [0.29, 0.717) is 5.69 Å². The molecule has 8 heteroatoms. The van der Waals surface area contributed by atoms with E-state index in [9.17, 15) is 13.5 Å². The molecule has 6 nitrogen and oxygen atoms in total. The fourth-order valence-electron chi connectivity index (χ4n) is 1.99. The van der Waals surface area contributed by atoms with Crippen molar-refractivity contribution in [1.29, 1.82) is 0 Å². The van der Waals surface area contributed by atoms with Crippen molar-refractivity contribution in [3.8, 4) is 0 Å². The van der Waals surface area contributed by atoms with E-state index in [1.807, 2.05) is 20.8 Å². The van der Waals surface area contributed by atoms with E-state index < -0.39 is 10.0 Å². The standard InChI is InChI=1S/C13H19N3O3S2/c1-9(2)16-6-12(4-11(16)7-17)21(18,19)15-5-13-10(3)14-8-20-13/h4,6,8-9,15,17H,5,7H2,1-3H3. The summed E-state index contributed by atoms with van der Waals surface area (Å²) < 4.78 is 29.0. The molecule has 0 aliphatic rings. The molecule has 0 aliphatic heterocycles. The smallest absolute Gasteiger partial charge is 0.242 e. The number of aromatic nitrogens is 2. The van der Waals surface area contributed by atoms with Crippen molar-refractivity contribution in [2.24, 2.45) is 0 Å². The van der Waals surface area contributed by atoms with E-state index in [2.05, 4.69) is 9.71 Å². The van der Waals surface area contributed by atoms with Gasteiger partial charge in [-0.05, 0) is 26.8 Å². The Morgan fingerprint density at radius 3 is 2.67 bits per heavy atom. The van der Waals surface area contributed by atoms with Crippen LogP contribution < -0.4 is 4.72 Å². The highest BCUT2D eigenvalue weighted by atomic mass is 32.2. The Bertz CT molecular complexity index is 717. The Morgan fingerprint density at radius 1 is 1.48 bits per heavy atom. The number of thiazole rings is 1. The van der Waals surface area contributed by atoms with Crippen LogP contribution in [0.3, 0.4) is 0 Å². The van der Waals surface area contributed by atoms with E-state index in [4.69, 9.17) is 0 Å². The summed E-state index contributed by atoms with van der Waals surface area (Å²) in [7, 11) is -3.60. The Kier molecular flexibility index (Phi) is 4.82. The van der Waals surface area contributed by atoms with E-state index >= 15 is 0 Å². The van der Waals surface area contributed by atoms with Crippen molar-refractivity contribution in [1.82, 2.24) is 14.3 Å². The van der Waals surface area contributed by atoms with Crippen molar-refractivity contribution < 1.29 is 13.5 Å². The second-order valence-electron chi connectivity index (χ2n) is 5.01. The van der Waals surface area contributed by atoms with Crippen LogP contribution in [0, 0.1) is 6.92 Å². The highest BCUT2D eigenvalue weighted by Crippen LogP contribution is 2.20. The molecule has 2 heterocycles. The Hall–Kier alpha value is -1.22. The van der Waals surface area contributed by atoms with Crippen LogP contribution >= 0.6 is 11.3 Å². The first-order valence-electron chi connectivity index (χ1n) is 6.55. The van der Waals surface area contributed by atoms with Crippen molar-refractivity contribution in [3.05, 3.63) is 34.0 Å². The Balaban J connectivity index is 2.21. The summed E-state index contributed by atoms with van der Waals surface area (Å²) in [6, 6.07) is 1.59. The van der Waals surface area contributed by atoms with Crippen LogP contribution in [-0.4, -0.2) is 23.1 Å². The summed E-state index contributed by atoms with van der Waals surface area (Å²) in [6.07, 6.45) is 1.55. The molecular weight excluding hydrogens is 310 g/mol. The molecule has 0 aliphatic carbocycles. The van der Waals surface area contributed by atoms with E-state index in [1.165, 1.54) is 17.4 Å². The topological polar surface area (TPSA) is 84.2 Å². The van der Waals surface area contributed by atoms with Crippen LogP contribution in [0.5, 0.6) is 0 Å². The second-order valence-corrected chi connectivity index (χ2v) is 7.72. The lowest BCUT2D eigenvalue weighted by Gasteiger charge is -2.10. The number of aliphatic hydroxyl groups is 1. The molecule has 0 bridgehead atoms. The molecule has 21 heavy (non-hydrogen) atoms. The molecule has 2 aromatic heterocycles. The molecule has 0 aromatic carbocycles. The summed E-state index contributed by atoms with van der Waals surface area (Å²) in [5.74, 6) is 0. The molecule has 2 N–H and O–H groups in total. The molecule has 0 saturated carbocycles. The number of hydrogen-bond donors (Lipinski definition) is 2. The SMILES string of the molecule is Cc1ncsc1CNS(=O)(=O)c1cc(CO)n(C(C)C)c1. The lowest BCUT2D eigenvalue weighted by molar-refractivity contribution is 0.268. The lowest BCUT2D eigenvalue weighted by atomic mass is 10.3. The van der Waals surface area contributed by atoms with Crippen LogP contribution in [0.1, 0.15) is 36.2 Å². The molecule has 2 aromatic rings. The minimum Gasteiger partial charge on any atom is -0.390 e. The minimum atomic E-state index is -3.60. The van der Waals surface area contributed by atoms with Gasteiger partial charge < -0.3 is 9.67 Å². The highest BCUT2D eigenvalue weighted by Gasteiger charge is 2.19. The van der Waals surface area contributed by atoms with Crippen molar-refractivity contribution in [3.63, 3.8) is 0 Å². The normalized spacial score (nSPS) is 12.2. The van der Waals surface area contributed by atoms with Crippen LogP contribution in [0.2, 0.25) is 0 Å². The van der Waals surface area contributed by atoms with Gasteiger partial charge in [-0.25, -0.2) is 18.1 Å². The first kappa shape index (κ1) is 16.2. The lowest BCUT2D eigenvalue weighted by Crippen LogP contribution is -2.22. The molecule has 2 rings (SSSR count). The van der Waals surface area contributed by atoms with Crippen molar-refractivity contribution in [2.45, 2.75) is 44.9 Å². The summed E-state index contributed by atoms with van der Waals surface area (Å²) in [6.45, 7) is 5.74. The monoisotopic (exact) mass is 329 g/mol. The van der Waals surface area contributed by atoms with E-state index in [0.717, 1.165) is 10.6 Å². The second kappa shape index (κ2) is 6.27. The number of sulfonamides is 1. The van der Waals surface area contributed by atoms with Crippen molar-refractivity contribution >= 4 is 21.4 Å². The summed E-state index contributed by atoms with van der Waals surface area (Å²) >= 11 is 1.42. The maximum Gasteiger partial charge on any atom is 0.242 e. The van der Waals surface area contributed by atoms with Gasteiger partial charge in [-0.3, -0.25) is 0 Å². The third-order valence-electron chi connectivity index (χ3n) is 3.20. The van der Waals surface area contributed by atoms with E-state index in [1.54, 1.807) is 16.3 Å². The third-order valence-corrected chi connectivity index (χ3v) is 5.51. The van der Waals surface area contributed by atoms with Gasteiger partial charge in [-0.15, -0.1) is 11.3 Å². The fourth-order valence-corrected chi connectivity index (χ4v) is 3.84. The van der Waals surface area contributed by atoms with Crippen LogP contribution in [0.15, 0.2) is 22.7 Å². The summed E-state index contributed by atoms with van der Waals surface area (Å²) in [5, 5.41) is 9.32. The van der Waals surface area contributed by atoms with Crippen LogP contribution in [-0.2, 0) is 23.2 Å². The third kappa shape index (κ3) is 3.52. The average molecular weight is 329 g/mol. The summed E-state index contributed by atoms with van der Waals surface area (Å²) in [5.41, 5.74) is 3.11. The van der Waals surface area contributed by atoms with E-state index in [-0.39, 0.29) is 24.1 Å². The van der Waals surface area contributed by atoms with Crippen LogP contribution in [0.4, 0.5) is 0 Å². The zero-order valence-electron chi connectivity index (χ0n) is 12.2. The van der Waals surface area contributed by atoms with Gasteiger partial charge in [0, 0.05) is 29.4 Å². The number of aryl methyl sites for hydroxylation is 1. The first-order valence-corrected chi connectivity index (χ1v) is 8.91. The molecule has 0 fully saturated rings. The quantitative estimate of drug-likeness (QED) is 0.846. The van der Waals surface area contributed by atoms with Gasteiger partial charge in [0.1, 0.15) is 0 Å². The van der Waals surface area contributed by atoms with Gasteiger partial charge in [-0.2, -0.15) is 0 Å². The zero-order chi connectivity index (χ0) is 15.6. The van der Waals surface area contributed by atoms with Crippen molar-refractivity contribution in [2.75, 3.05) is 0 Å². The fraction of sp³-hybridized carbons (Fsp3) is 0.462. The number of nitrogens with zero attached hydrogens (tertiary/aromatic N) is 2. The minimum absolute atomic E-state index is 0.0832. The van der Waals surface area contributed by atoms with Gasteiger partial charge in [0.2, 0.25) is 10.0 Å². The molecule has 0 atom stereocenters. The molecule has 0 saturated heterocycles. The van der Waals surface area contributed by atoms with Crippen LogP contribution in [0.25, 0.3) is 0 Å². The average Bonchev–Trinajstić information content (AvgIpc) is 3.02. The number of nitrogens with one attached hydrogen (secondary N) is 1. The molecular formula is C13H19N3O3S2. The number of hydrogen-bond acceptors (Lipinski definition) is 5. The maximum atomic E-state index is 12.3. The number of rotatable bonds is 6. The molecule has 0 amide bonds. The number of aliphatic hydroxyl groups excluding tert-OH is 1. The van der Waals surface area contributed by atoms with Gasteiger partial charge in [-0.1, -0.05) is 0 Å². The molecule has 116 valence electrons. The predicted octanol–water partition coefficient (Wildman–Crippen LogP) is 1.80. The highest BCUT2D eigenvalue weighted by molar-refractivity contribution is 7.89. The largest absolute Gasteiger partial charge is 0.390 e. The summed E-state index contributed by atoms with van der Waals surface area (Å²) in [4.78, 5) is 5.15. The maximum absolute atomic E-state index is 12.3. The Labute approximate surface area is 128 Å². The van der Waals surface area contributed by atoms with Gasteiger partial charge in [0.05, 0.1) is 22.7 Å². The molecule has 0 radical (unpaired) electrons. The first-order chi connectivity index (χ1) is 9.85. The zero-order valence-corrected chi connectivity index (χ0v) is 13.8. The van der Waals surface area contributed by atoms with Gasteiger partial charge in [0.25, 0.3) is 0 Å². The molecule has 0 unspecified atom stereocenters. The van der Waals surface area contributed by atoms with Gasteiger partial charge >= 0.3 is 0 Å². The molecule has 0 spiro atoms. The van der Waals surface area contributed by atoms with Gasteiger partial charge in [0.15, 0.2) is 0 Å².